The topological polar surface area (TPSA) is 81.6 Å². The van der Waals surface area contributed by atoms with Crippen molar-refractivity contribution in [3.63, 3.8) is 0 Å². The average Bonchev–Trinajstić information content (AvgIpc) is 2.88. The SMILES string of the molecule is Cc1nc(N[C@H](C)c2cccc(C(F)(F)F)c2)c2cc(N(C)c3ccc(O)c(CC(=O)N(C)C)c3)ccc2n1. The van der Waals surface area contributed by atoms with Crippen LogP contribution in [0.4, 0.5) is 30.4 Å². The van der Waals surface area contributed by atoms with E-state index in [4.69, 9.17) is 0 Å². The van der Waals surface area contributed by atoms with Gasteiger partial charge in [0.2, 0.25) is 5.91 Å². The summed E-state index contributed by atoms with van der Waals surface area (Å²) < 4.78 is 39.7. The molecule has 0 saturated carbocycles. The van der Waals surface area contributed by atoms with Crippen molar-refractivity contribution in [2.24, 2.45) is 0 Å². The number of fused-ring (bicyclic) bond motifs is 1. The Labute approximate surface area is 224 Å². The molecule has 7 nitrogen and oxygen atoms in total. The molecule has 1 aromatic heterocycles. The molecule has 0 aliphatic carbocycles. The summed E-state index contributed by atoms with van der Waals surface area (Å²) in [4.78, 5) is 24.6. The summed E-state index contributed by atoms with van der Waals surface area (Å²) in [5.74, 6) is 0.936. The van der Waals surface area contributed by atoms with Crippen molar-refractivity contribution in [3.8, 4) is 5.75 Å². The molecule has 3 aromatic carbocycles. The molecule has 1 amide bonds. The first-order chi connectivity index (χ1) is 18.3. The maximum Gasteiger partial charge on any atom is 0.416 e. The fourth-order valence-corrected chi connectivity index (χ4v) is 4.22. The summed E-state index contributed by atoms with van der Waals surface area (Å²) >= 11 is 0. The maximum atomic E-state index is 13.2. The average molecular weight is 538 g/mol. The number of aromatic nitrogens is 2. The van der Waals surface area contributed by atoms with Crippen molar-refractivity contribution in [2.75, 3.05) is 31.4 Å². The zero-order valence-corrected chi connectivity index (χ0v) is 22.3. The van der Waals surface area contributed by atoms with Gasteiger partial charge in [0, 0.05) is 49.5 Å². The Morgan fingerprint density at radius 2 is 1.69 bits per heavy atom. The van der Waals surface area contributed by atoms with E-state index in [1.54, 1.807) is 52.2 Å². The molecule has 10 heteroatoms. The zero-order chi connectivity index (χ0) is 28.5. The number of halogens is 3. The summed E-state index contributed by atoms with van der Waals surface area (Å²) in [5, 5.41) is 14.2. The summed E-state index contributed by atoms with van der Waals surface area (Å²) in [6.07, 6.45) is -4.37. The van der Waals surface area contributed by atoms with Crippen molar-refractivity contribution in [2.45, 2.75) is 32.5 Å². The number of aryl methyl sites for hydroxylation is 1. The van der Waals surface area contributed by atoms with Gasteiger partial charge < -0.3 is 20.2 Å². The van der Waals surface area contributed by atoms with Gasteiger partial charge in [-0.3, -0.25) is 4.79 Å². The Bertz CT molecular complexity index is 1520. The Morgan fingerprint density at radius 1 is 1.00 bits per heavy atom. The van der Waals surface area contributed by atoms with E-state index in [9.17, 15) is 23.1 Å². The van der Waals surface area contributed by atoms with Gasteiger partial charge in [-0.1, -0.05) is 12.1 Å². The van der Waals surface area contributed by atoms with Crippen molar-refractivity contribution < 1.29 is 23.1 Å². The summed E-state index contributed by atoms with van der Waals surface area (Å²) in [5.41, 5.74) is 2.51. The second kappa shape index (κ2) is 10.8. The molecule has 204 valence electrons. The van der Waals surface area contributed by atoms with Crippen molar-refractivity contribution in [1.29, 1.82) is 0 Å². The van der Waals surface area contributed by atoms with Crippen LogP contribution in [-0.4, -0.2) is 47.0 Å². The van der Waals surface area contributed by atoms with Crippen LogP contribution < -0.4 is 10.2 Å². The number of hydrogen-bond donors (Lipinski definition) is 2. The van der Waals surface area contributed by atoms with E-state index in [0.29, 0.717) is 33.7 Å². The standard InChI is InChI=1S/C29H30F3N5O2/c1-17(19-7-6-8-21(13-19)29(30,31)32)33-28-24-16-23(9-11-25(24)34-18(2)35-28)37(5)22-10-12-26(38)20(14-22)15-27(39)36(3)4/h6-14,16-17,38H,15H2,1-5H3,(H,33,34,35)/t17-/m1/s1. The van der Waals surface area contributed by atoms with Crippen molar-refractivity contribution in [1.82, 2.24) is 14.9 Å². The number of alkyl halides is 3. The van der Waals surface area contributed by atoms with Crippen molar-refractivity contribution >= 4 is 34.0 Å². The highest BCUT2D eigenvalue weighted by Crippen LogP contribution is 2.34. The quantitative estimate of drug-likeness (QED) is 0.291. The van der Waals surface area contributed by atoms with Crippen LogP contribution in [-0.2, 0) is 17.4 Å². The van der Waals surface area contributed by atoms with E-state index >= 15 is 0 Å². The van der Waals surface area contributed by atoms with Gasteiger partial charge in [0.25, 0.3) is 0 Å². The molecule has 1 heterocycles. The third-order valence-electron chi connectivity index (χ3n) is 6.54. The minimum absolute atomic E-state index is 0.0415. The minimum Gasteiger partial charge on any atom is -0.508 e. The van der Waals surface area contributed by atoms with Crippen LogP contribution >= 0.6 is 0 Å². The monoisotopic (exact) mass is 537 g/mol. The van der Waals surface area contributed by atoms with Gasteiger partial charge in [-0.15, -0.1) is 0 Å². The number of rotatable bonds is 7. The number of amides is 1. The van der Waals surface area contributed by atoms with Crippen LogP contribution in [0.25, 0.3) is 10.9 Å². The lowest BCUT2D eigenvalue weighted by Crippen LogP contribution is -2.23. The van der Waals surface area contributed by atoms with Crippen molar-refractivity contribution in [3.05, 3.63) is 83.2 Å². The van der Waals surface area contributed by atoms with Crippen LogP contribution in [0.15, 0.2) is 60.7 Å². The maximum absolute atomic E-state index is 13.2. The number of hydrogen-bond acceptors (Lipinski definition) is 6. The van der Waals surface area contributed by atoms with E-state index in [-0.39, 0.29) is 18.1 Å². The number of likely N-dealkylation sites (N-methyl/N-ethyl adjacent to an activating group) is 1. The molecule has 2 N–H and O–H groups in total. The third-order valence-corrected chi connectivity index (χ3v) is 6.54. The Morgan fingerprint density at radius 3 is 2.38 bits per heavy atom. The summed E-state index contributed by atoms with van der Waals surface area (Å²) in [6.45, 7) is 3.54. The molecule has 0 bridgehead atoms. The first-order valence-electron chi connectivity index (χ1n) is 12.3. The second-order valence-corrected chi connectivity index (χ2v) is 9.65. The molecule has 0 aliphatic heterocycles. The Kier molecular flexibility index (Phi) is 7.67. The van der Waals surface area contributed by atoms with Gasteiger partial charge >= 0.3 is 6.18 Å². The van der Waals surface area contributed by atoms with Gasteiger partial charge in [0.15, 0.2) is 0 Å². The van der Waals surface area contributed by atoms with E-state index in [1.165, 1.54) is 11.0 Å². The lowest BCUT2D eigenvalue weighted by atomic mass is 10.0. The fraction of sp³-hybridized carbons (Fsp3) is 0.276. The van der Waals surface area contributed by atoms with Crippen LogP contribution in [0, 0.1) is 6.92 Å². The third kappa shape index (κ3) is 6.22. The molecule has 4 rings (SSSR count). The molecule has 0 unspecified atom stereocenters. The predicted molar refractivity (Wildman–Crippen MR) is 146 cm³/mol. The molecule has 0 fully saturated rings. The second-order valence-electron chi connectivity index (χ2n) is 9.65. The van der Waals surface area contributed by atoms with Gasteiger partial charge in [0.1, 0.15) is 17.4 Å². The molecule has 0 radical (unpaired) electrons. The highest BCUT2D eigenvalue weighted by Gasteiger charge is 2.30. The molecule has 0 saturated heterocycles. The number of carbonyl (C=O) groups excluding carboxylic acids is 1. The molecule has 0 aliphatic rings. The Hall–Kier alpha value is -4.34. The number of nitrogens with one attached hydrogen (secondary N) is 1. The zero-order valence-electron chi connectivity index (χ0n) is 22.3. The van der Waals surface area contributed by atoms with E-state index < -0.39 is 17.8 Å². The van der Waals surface area contributed by atoms with Crippen LogP contribution in [0.3, 0.4) is 0 Å². The number of nitrogens with zero attached hydrogens (tertiary/aromatic N) is 4. The highest BCUT2D eigenvalue weighted by atomic mass is 19.4. The lowest BCUT2D eigenvalue weighted by Gasteiger charge is -2.22. The molecule has 1 atom stereocenters. The number of phenols is 1. The number of anilines is 3. The van der Waals surface area contributed by atoms with Crippen LogP contribution in [0.2, 0.25) is 0 Å². The molecule has 39 heavy (non-hydrogen) atoms. The summed E-state index contributed by atoms with van der Waals surface area (Å²) in [7, 11) is 5.18. The first-order valence-corrected chi connectivity index (χ1v) is 12.3. The summed E-state index contributed by atoms with van der Waals surface area (Å²) in [6, 6.07) is 15.5. The smallest absolute Gasteiger partial charge is 0.416 e. The van der Waals surface area contributed by atoms with Gasteiger partial charge in [-0.05, 0) is 67.9 Å². The number of benzene rings is 3. The first kappa shape index (κ1) is 27.7. The van der Waals surface area contributed by atoms with E-state index in [2.05, 4.69) is 15.3 Å². The van der Waals surface area contributed by atoms with E-state index in [0.717, 1.165) is 23.5 Å². The van der Waals surface area contributed by atoms with Crippen LogP contribution in [0.5, 0.6) is 5.75 Å². The predicted octanol–water partition coefficient (Wildman–Crippen LogP) is 6.23. The molecule has 4 aromatic rings. The number of carbonyl (C=O) groups is 1. The Balaban J connectivity index is 1.67. The molecular weight excluding hydrogens is 507 g/mol. The molecule has 0 spiro atoms. The van der Waals surface area contributed by atoms with Gasteiger partial charge in [-0.2, -0.15) is 13.2 Å². The van der Waals surface area contributed by atoms with Gasteiger partial charge in [-0.25, -0.2) is 9.97 Å². The largest absolute Gasteiger partial charge is 0.508 e. The lowest BCUT2D eigenvalue weighted by molar-refractivity contribution is -0.137. The van der Waals surface area contributed by atoms with Crippen LogP contribution in [0.1, 0.15) is 35.5 Å². The van der Waals surface area contributed by atoms with Gasteiger partial charge in [0.05, 0.1) is 17.5 Å². The fourth-order valence-electron chi connectivity index (χ4n) is 4.22. The number of aromatic hydroxyl groups is 1. The molecular formula is C29H30F3N5O2. The normalized spacial score (nSPS) is 12.3. The van der Waals surface area contributed by atoms with E-state index in [1.807, 2.05) is 30.1 Å². The highest BCUT2D eigenvalue weighted by molar-refractivity contribution is 5.92. The minimum atomic E-state index is -4.43. The number of phenolic OH excluding ortho intramolecular Hbond substituents is 1.